The van der Waals surface area contributed by atoms with Crippen LogP contribution in [0.4, 0.5) is 17.1 Å². The van der Waals surface area contributed by atoms with Gasteiger partial charge in [0.25, 0.3) is 0 Å². The zero-order valence-electron chi connectivity index (χ0n) is 40.2. The van der Waals surface area contributed by atoms with Gasteiger partial charge in [0.15, 0.2) is 0 Å². The van der Waals surface area contributed by atoms with E-state index < -0.39 is 5.41 Å². The minimum atomic E-state index is -0.452. The summed E-state index contributed by atoms with van der Waals surface area (Å²) < 4.78 is 0. The predicted octanol–water partition coefficient (Wildman–Crippen LogP) is 17.7. The van der Waals surface area contributed by atoms with Gasteiger partial charge >= 0.3 is 0 Å². The normalized spacial score (nSPS) is 20.0. The molecule has 14 rings (SSSR count). The number of fused-ring (bicyclic) bond motifs is 19. The molecule has 0 aliphatic heterocycles. The second kappa shape index (κ2) is 15.8. The molecule has 3 unspecified atom stereocenters. The van der Waals surface area contributed by atoms with Crippen molar-refractivity contribution in [3.05, 3.63) is 279 Å². The molecular formula is C69H57N. The molecule has 9 aromatic rings. The summed E-state index contributed by atoms with van der Waals surface area (Å²) in [5.41, 5.74) is 25.4. The largest absolute Gasteiger partial charge is 0.310 e. The van der Waals surface area contributed by atoms with Crippen LogP contribution in [0.25, 0.3) is 34.4 Å². The van der Waals surface area contributed by atoms with Gasteiger partial charge < -0.3 is 4.90 Å². The maximum Gasteiger partial charge on any atom is 0.0719 e. The summed E-state index contributed by atoms with van der Waals surface area (Å²) in [7, 11) is 0. The van der Waals surface area contributed by atoms with Crippen LogP contribution in [0.15, 0.2) is 212 Å². The number of rotatable bonds is 7. The van der Waals surface area contributed by atoms with E-state index in [9.17, 15) is 0 Å². The third kappa shape index (κ3) is 5.50. The van der Waals surface area contributed by atoms with Gasteiger partial charge in [0.05, 0.1) is 5.41 Å². The molecule has 2 spiro atoms. The molecule has 0 aromatic heterocycles. The average molecular weight is 900 g/mol. The number of hydrogen-bond donors (Lipinski definition) is 0. The zero-order chi connectivity index (χ0) is 46.6. The fourth-order valence-electron chi connectivity index (χ4n) is 15.2. The number of para-hydroxylation sites is 2. The van der Waals surface area contributed by atoms with E-state index in [-0.39, 0.29) is 10.8 Å². The molecule has 1 nitrogen and oxygen atoms in total. The van der Waals surface area contributed by atoms with Crippen LogP contribution in [0.3, 0.4) is 0 Å². The highest BCUT2D eigenvalue weighted by Gasteiger charge is 2.62. The summed E-state index contributed by atoms with van der Waals surface area (Å²) in [6, 6.07) is 81.5. The average Bonchev–Trinajstić information content (AvgIpc) is 4.01. The molecule has 0 N–H and O–H groups in total. The Morgan fingerprint density at radius 2 is 0.886 bits per heavy atom. The van der Waals surface area contributed by atoms with Crippen molar-refractivity contribution < 1.29 is 0 Å². The smallest absolute Gasteiger partial charge is 0.0719 e. The molecule has 0 heterocycles. The molecule has 5 aliphatic rings. The predicted molar refractivity (Wildman–Crippen MR) is 292 cm³/mol. The molecule has 5 aliphatic carbocycles. The van der Waals surface area contributed by atoms with Gasteiger partial charge in [0.1, 0.15) is 0 Å². The van der Waals surface area contributed by atoms with Crippen LogP contribution in [0.2, 0.25) is 0 Å². The van der Waals surface area contributed by atoms with Gasteiger partial charge in [-0.25, -0.2) is 0 Å². The standard InChI is InChI=1S/C69H57N/c1-3-67(4-2)64-43-46(37-40-55(64)56-41-39-50(45-65(56)67)70(48-21-7-5-8-22-48)49-23-9-6-10-24-49)35-36-47-38-42-63-66(44-47)69(59-31-17-13-27-53(59)54-28-14-18-32-60(54)69)62-34-20-19-33-61(62)68(63)57-29-15-11-25-51(57)52-26-12-16-30-58(52)68/h5-11,13-15,17-25,27-29,31-45,52,58H,3-4,12,16,26,30H2,1-2H3/b36-35+. The Morgan fingerprint density at radius 1 is 0.400 bits per heavy atom. The molecule has 9 aromatic carbocycles. The molecule has 1 fully saturated rings. The fourth-order valence-corrected chi connectivity index (χ4v) is 15.2. The van der Waals surface area contributed by atoms with E-state index in [0.29, 0.717) is 11.8 Å². The Labute approximate surface area is 413 Å². The summed E-state index contributed by atoms with van der Waals surface area (Å²) >= 11 is 0. The van der Waals surface area contributed by atoms with E-state index >= 15 is 0 Å². The highest BCUT2D eigenvalue weighted by atomic mass is 15.1. The maximum atomic E-state index is 2.61. The number of benzene rings is 9. The van der Waals surface area contributed by atoms with Gasteiger partial charge in [0.2, 0.25) is 0 Å². The van der Waals surface area contributed by atoms with E-state index in [2.05, 4.69) is 243 Å². The second-order valence-electron chi connectivity index (χ2n) is 20.7. The lowest BCUT2D eigenvalue weighted by Crippen LogP contribution is -2.47. The van der Waals surface area contributed by atoms with Gasteiger partial charge in [-0.15, -0.1) is 0 Å². The van der Waals surface area contributed by atoms with Crippen molar-refractivity contribution in [2.24, 2.45) is 5.92 Å². The number of hydrogen-bond acceptors (Lipinski definition) is 1. The Kier molecular flexibility index (Phi) is 9.35. The Hall–Kier alpha value is -7.48. The molecule has 0 radical (unpaired) electrons. The lowest BCUT2D eigenvalue weighted by molar-refractivity contribution is 0.256. The minimum Gasteiger partial charge on any atom is -0.310 e. The molecule has 70 heavy (non-hydrogen) atoms. The summed E-state index contributed by atoms with van der Waals surface area (Å²) in [6.07, 6.45) is 12.0. The van der Waals surface area contributed by atoms with Crippen LogP contribution < -0.4 is 4.90 Å². The molecule has 0 saturated heterocycles. The van der Waals surface area contributed by atoms with Crippen LogP contribution >= 0.6 is 0 Å². The summed E-state index contributed by atoms with van der Waals surface area (Å²) in [5, 5.41) is 0. The Morgan fingerprint density at radius 3 is 1.54 bits per heavy atom. The van der Waals surface area contributed by atoms with Gasteiger partial charge in [-0.1, -0.05) is 209 Å². The van der Waals surface area contributed by atoms with Gasteiger partial charge in [0, 0.05) is 27.9 Å². The fraction of sp³-hybridized carbons (Fsp3) is 0.188. The van der Waals surface area contributed by atoms with Crippen molar-refractivity contribution in [1.82, 2.24) is 0 Å². The van der Waals surface area contributed by atoms with E-state index in [0.717, 1.165) is 24.2 Å². The highest BCUT2D eigenvalue weighted by Crippen LogP contribution is 2.70. The second-order valence-corrected chi connectivity index (χ2v) is 20.7. The van der Waals surface area contributed by atoms with Crippen LogP contribution in [0.1, 0.15) is 125 Å². The first-order valence-electron chi connectivity index (χ1n) is 26.0. The minimum absolute atomic E-state index is 0.0959. The monoisotopic (exact) mass is 899 g/mol. The zero-order valence-corrected chi connectivity index (χ0v) is 40.2. The highest BCUT2D eigenvalue weighted by molar-refractivity contribution is 5.91. The van der Waals surface area contributed by atoms with Gasteiger partial charge in [-0.05, 0) is 169 Å². The molecule has 0 bridgehead atoms. The van der Waals surface area contributed by atoms with E-state index in [1.165, 1.54) is 115 Å². The summed E-state index contributed by atoms with van der Waals surface area (Å²) in [6.45, 7) is 4.77. The van der Waals surface area contributed by atoms with E-state index in [1.807, 2.05) is 0 Å². The quantitative estimate of drug-likeness (QED) is 0.144. The van der Waals surface area contributed by atoms with Crippen molar-refractivity contribution in [3.8, 4) is 22.3 Å². The molecule has 1 saturated carbocycles. The first-order chi connectivity index (χ1) is 34.6. The van der Waals surface area contributed by atoms with Gasteiger partial charge in [-0.3, -0.25) is 0 Å². The third-order valence-electron chi connectivity index (χ3n) is 18.0. The van der Waals surface area contributed by atoms with E-state index in [1.54, 1.807) is 5.56 Å². The third-order valence-corrected chi connectivity index (χ3v) is 18.0. The van der Waals surface area contributed by atoms with Crippen LogP contribution in [-0.4, -0.2) is 0 Å². The number of anilines is 3. The van der Waals surface area contributed by atoms with Crippen LogP contribution in [-0.2, 0) is 16.2 Å². The molecule has 1 heteroatoms. The summed E-state index contributed by atoms with van der Waals surface area (Å²) in [5.74, 6) is 1.07. The van der Waals surface area contributed by atoms with Crippen molar-refractivity contribution >= 4 is 29.2 Å². The topological polar surface area (TPSA) is 3.24 Å². The van der Waals surface area contributed by atoms with Crippen molar-refractivity contribution in [2.45, 2.75) is 74.5 Å². The molecule has 0 amide bonds. The van der Waals surface area contributed by atoms with E-state index in [4.69, 9.17) is 0 Å². The van der Waals surface area contributed by atoms with Gasteiger partial charge in [-0.2, -0.15) is 0 Å². The SMILES string of the molecule is CCC1(CC)c2cc(/C=C/c3ccc4c(c3)C3(c5ccccc5-c5ccccc53)c3ccccc3C43c4ccccc4C4CCCCC43)ccc2-c2ccc(N(c3ccccc3)c3ccccc3)cc21. The van der Waals surface area contributed by atoms with Crippen molar-refractivity contribution in [3.63, 3.8) is 0 Å². The van der Waals surface area contributed by atoms with Crippen LogP contribution in [0, 0.1) is 5.92 Å². The van der Waals surface area contributed by atoms with Crippen molar-refractivity contribution in [1.29, 1.82) is 0 Å². The van der Waals surface area contributed by atoms with Crippen LogP contribution in [0.5, 0.6) is 0 Å². The lowest BCUT2D eigenvalue weighted by Gasteiger charge is -2.52. The lowest BCUT2D eigenvalue weighted by atomic mass is 9.50. The maximum absolute atomic E-state index is 2.61. The molecular weight excluding hydrogens is 843 g/mol. The Balaban J connectivity index is 0.925. The molecule has 3 atom stereocenters. The van der Waals surface area contributed by atoms with Crippen molar-refractivity contribution in [2.75, 3.05) is 4.90 Å². The first-order valence-corrected chi connectivity index (χ1v) is 26.0. The molecule has 338 valence electrons. The number of nitrogens with zero attached hydrogens (tertiary/aromatic N) is 1. The Bertz CT molecular complexity index is 3470. The first kappa shape index (κ1) is 41.5. The summed E-state index contributed by atoms with van der Waals surface area (Å²) in [4.78, 5) is 2.40.